The van der Waals surface area contributed by atoms with Gasteiger partial charge in [0, 0.05) is 20.1 Å². The van der Waals surface area contributed by atoms with E-state index in [1.807, 2.05) is 0 Å². The Hall–Kier alpha value is -0.520. The van der Waals surface area contributed by atoms with E-state index >= 15 is 0 Å². The fourth-order valence-corrected chi connectivity index (χ4v) is 2.02. The van der Waals surface area contributed by atoms with Crippen LogP contribution >= 0.6 is 0 Å². The summed E-state index contributed by atoms with van der Waals surface area (Å²) in [6.45, 7) is 4.54. The summed E-state index contributed by atoms with van der Waals surface area (Å²) in [4.78, 5) is 2.52. The van der Waals surface area contributed by atoms with E-state index in [4.69, 9.17) is 11.2 Å². The molecule has 0 aromatic carbocycles. The highest BCUT2D eigenvalue weighted by molar-refractivity contribution is 4.83. The summed E-state index contributed by atoms with van der Waals surface area (Å²) in [5.41, 5.74) is 0. The molecule has 0 saturated carbocycles. The van der Waals surface area contributed by atoms with Crippen LogP contribution in [0.5, 0.6) is 0 Å². The van der Waals surface area contributed by atoms with E-state index in [1.165, 1.54) is 32.5 Å². The van der Waals surface area contributed by atoms with Crippen molar-refractivity contribution in [3.63, 3.8) is 0 Å². The number of unbranched alkanes of at least 4 members (excludes halogenated alkanes) is 1. The van der Waals surface area contributed by atoms with Crippen LogP contribution in [0.3, 0.4) is 0 Å². The van der Waals surface area contributed by atoms with Crippen molar-refractivity contribution in [2.75, 3.05) is 33.4 Å². The number of terminal acetylenes is 1. The van der Waals surface area contributed by atoms with Crippen molar-refractivity contribution >= 4 is 0 Å². The van der Waals surface area contributed by atoms with Gasteiger partial charge in [-0.2, -0.15) is 0 Å². The minimum atomic E-state index is 0.781. The first kappa shape index (κ1) is 11.6. The Balaban J connectivity index is 2.07. The van der Waals surface area contributed by atoms with E-state index in [0.29, 0.717) is 0 Å². The maximum Gasteiger partial charge on any atom is 0.0491 e. The SMILES string of the molecule is C#CCCCN1CCC(COC)CC1. The van der Waals surface area contributed by atoms with Crippen molar-refractivity contribution in [1.82, 2.24) is 4.90 Å². The van der Waals surface area contributed by atoms with E-state index in [2.05, 4.69) is 10.8 Å². The molecule has 1 heterocycles. The van der Waals surface area contributed by atoms with Gasteiger partial charge in [0.25, 0.3) is 0 Å². The Morgan fingerprint density at radius 3 is 2.71 bits per heavy atom. The topological polar surface area (TPSA) is 12.5 Å². The summed E-state index contributed by atoms with van der Waals surface area (Å²) >= 11 is 0. The molecule has 0 N–H and O–H groups in total. The summed E-state index contributed by atoms with van der Waals surface area (Å²) in [5.74, 6) is 3.47. The first-order valence-electron chi connectivity index (χ1n) is 5.51. The normalized spacial score (nSPS) is 19.4. The van der Waals surface area contributed by atoms with E-state index < -0.39 is 0 Å². The third-order valence-electron chi connectivity index (χ3n) is 2.90. The highest BCUT2D eigenvalue weighted by atomic mass is 16.5. The molecule has 1 aliphatic rings. The van der Waals surface area contributed by atoms with E-state index in [0.717, 1.165) is 25.4 Å². The summed E-state index contributed by atoms with van der Waals surface area (Å²) in [7, 11) is 1.79. The van der Waals surface area contributed by atoms with Crippen molar-refractivity contribution in [3.8, 4) is 12.3 Å². The molecule has 0 spiro atoms. The van der Waals surface area contributed by atoms with Gasteiger partial charge >= 0.3 is 0 Å². The lowest BCUT2D eigenvalue weighted by molar-refractivity contribution is 0.0993. The van der Waals surface area contributed by atoms with Crippen molar-refractivity contribution in [1.29, 1.82) is 0 Å². The zero-order valence-corrected chi connectivity index (χ0v) is 9.17. The Morgan fingerprint density at radius 1 is 1.43 bits per heavy atom. The van der Waals surface area contributed by atoms with Crippen LogP contribution in [-0.2, 0) is 4.74 Å². The van der Waals surface area contributed by atoms with E-state index in [9.17, 15) is 0 Å². The summed E-state index contributed by atoms with van der Waals surface area (Å²) in [6.07, 6.45) is 9.84. The standard InChI is InChI=1S/C12H21NO/c1-3-4-5-8-13-9-6-12(7-10-13)11-14-2/h1,12H,4-11H2,2H3. The van der Waals surface area contributed by atoms with Gasteiger partial charge in [0.05, 0.1) is 0 Å². The quantitative estimate of drug-likeness (QED) is 0.489. The van der Waals surface area contributed by atoms with Gasteiger partial charge in [0.1, 0.15) is 0 Å². The minimum absolute atomic E-state index is 0.781. The lowest BCUT2D eigenvalue weighted by Crippen LogP contribution is -2.35. The number of ether oxygens (including phenoxy) is 1. The fourth-order valence-electron chi connectivity index (χ4n) is 2.02. The van der Waals surface area contributed by atoms with Crippen molar-refractivity contribution in [2.45, 2.75) is 25.7 Å². The van der Waals surface area contributed by atoms with Crippen LogP contribution in [0.15, 0.2) is 0 Å². The highest BCUT2D eigenvalue weighted by Gasteiger charge is 2.17. The van der Waals surface area contributed by atoms with Gasteiger partial charge in [-0.3, -0.25) is 0 Å². The molecule has 80 valence electrons. The second kappa shape index (κ2) is 6.86. The molecule has 0 bridgehead atoms. The van der Waals surface area contributed by atoms with Gasteiger partial charge < -0.3 is 9.64 Å². The number of likely N-dealkylation sites (tertiary alicyclic amines) is 1. The van der Waals surface area contributed by atoms with Crippen molar-refractivity contribution < 1.29 is 4.74 Å². The molecule has 0 aromatic rings. The van der Waals surface area contributed by atoms with Crippen LogP contribution in [0.4, 0.5) is 0 Å². The maximum absolute atomic E-state index is 5.22. The molecule has 1 rings (SSSR count). The molecule has 14 heavy (non-hydrogen) atoms. The molecule has 1 fully saturated rings. The van der Waals surface area contributed by atoms with Crippen LogP contribution in [0.25, 0.3) is 0 Å². The van der Waals surface area contributed by atoms with E-state index in [-0.39, 0.29) is 0 Å². The number of rotatable bonds is 5. The molecule has 2 heteroatoms. The Morgan fingerprint density at radius 2 is 2.14 bits per heavy atom. The Labute approximate surface area is 87.6 Å². The first-order valence-corrected chi connectivity index (χ1v) is 5.51. The highest BCUT2D eigenvalue weighted by Crippen LogP contribution is 2.17. The zero-order valence-electron chi connectivity index (χ0n) is 9.17. The van der Waals surface area contributed by atoms with Crippen molar-refractivity contribution in [2.24, 2.45) is 5.92 Å². The van der Waals surface area contributed by atoms with Gasteiger partial charge in [0.2, 0.25) is 0 Å². The number of piperidine rings is 1. The summed E-state index contributed by atoms with van der Waals surface area (Å²) in [6, 6.07) is 0. The third kappa shape index (κ3) is 4.13. The predicted molar refractivity (Wildman–Crippen MR) is 59.1 cm³/mol. The fraction of sp³-hybridized carbons (Fsp3) is 0.833. The molecule has 0 aromatic heterocycles. The van der Waals surface area contributed by atoms with Crippen LogP contribution in [-0.4, -0.2) is 38.3 Å². The summed E-state index contributed by atoms with van der Waals surface area (Å²) < 4.78 is 5.17. The second-order valence-electron chi connectivity index (χ2n) is 4.05. The van der Waals surface area contributed by atoms with Crippen LogP contribution in [0.2, 0.25) is 0 Å². The van der Waals surface area contributed by atoms with Crippen molar-refractivity contribution in [3.05, 3.63) is 0 Å². The molecule has 0 atom stereocenters. The number of hydrogen-bond acceptors (Lipinski definition) is 2. The molecule has 1 saturated heterocycles. The van der Waals surface area contributed by atoms with Gasteiger partial charge in [-0.05, 0) is 44.8 Å². The monoisotopic (exact) mass is 195 g/mol. The smallest absolute Gasteiger partial charge is 0.0491 e. The minimum Gasteiger partial charge on any atom is -0.384 e. The molecular formula is C12H21NO. The molecule has 2 nitrogen and oxygen atoms in total. The molecular weight excluding hydrogens is 174 g/mol. The van der Waals surface area contributed by atoms with Crippen LogP contribution in [0, 0.1) is 18.3 Å². The number of methoxy groups -OCH3 is 1. The lowest BCUT2D eigenvalue weighted by Gasteiger charge is -2.31. The van der Waals surface area contributed by atoms with Crippen LogP contribution in [0.1, 0.15) is 25.7 Å². The van der Waals surface area contributed by atoms with Gasteiger partial charge in [-0.1, -0.05) is 0 Å². The average Bonchev–Trinajstić information content (AvgIpc) is 2.21. The Kier molecular flexibility index (Phi) is 5.66. The molecule has 0 amide bonds. The summed E-state index contributed by atoms with van der Waals surface area (Å²) in [5, 5.41) is 0. The molecule has 0 radical (unpaired) electrons. The average molecular weight is 195 g/mol. The molecule has 1 aliphatic heterocycles. The number of hydrogen-bond donors (Lipinski definition) is 0. The largest absolute Gasteiger partial charge is 0.384 e. The predicted octanol–water partition coefficient (Wildman–Crippen LogP) is 1.76. The Bertz CT molecular complexity index is 177. The number of nitrogens with zero attached hydrogens (tertiary/aromatic N) is 1. The zero-order chi connectivity index (χ0) is 10.2. The molecule has 0 aliphatic carbocycles. The van der Waals surface area contributed by atoms with Crippen LogP contribution < -0.4 is 0 Å². The lowest BCUT2D eigenvalue weighted by atomic mass is 9.98. The third-order valence-corrected chi connectivity index (χ3v) is 2.90. The van der Waals surface area contributed by atoms with Gasteiger partial charge in [0.15, 0.2) is 0 Å². The first-order chi connectivity index (χ1) is 6.86. The molecule has 0 unspecified atom stereocenters. The van der Waals surface area contributed by atoms with Gasteiger partial charge in [-0.25, -0.2) is 0 Å². The maximum atomic E-state index is 5.22. The second-order valence-corrected chi connectivity index (χ2v) is 4.05. The van der Waals surface area contributed by atoms with E-state index in [1.54, 1.807) is 7.11 Å². The van der Waals surface area contributed by atoms with Gasteiger partial charge in [-0.15, -0.1) is 12.3 Å².